The van der Waals surface area contributed by atoms with E-state index in [4.69, 9.17) is 5.73 Å². The summed E-state index contributed by atoms with van der Waals surface area (Å²) in [5, 5.41) is 0.637. The van der Waals surface area contributed by atoms with Crippen LogP contribution in [0.1, 0.15) is 0 Å². The normalized spacial score (nSPS) is 29.3. The van der Waals surface area contributed by atoms with Crippen molar-refractivity contribution in [1.29, 1.82) is 0 Å². The topological polar surface area (TPSA) is 94.3 Å². The van der Waals surface area contributed by atoms with Crippen molar-refractivity contribution in [3.63, 3.8) is 0 Å². The van der Waals surface area contributed by atoms with Crippen molar-refractivity contribution in [2.75, 3.05) is 11.5 Å². The van der Waals surface area contributed by atoms with Gasteiger partial charge < -0.3 is 5.73 Å². The van der Waals surface area contributed by atoms with E-state index in [0.29, 0.717) is 0 Å². The Hall–Kier alpha value is -0.440. The third-order valence-electron chi connectivity index (χ3n) is 2.52. The molecule has 0 unspecified atom stereocenters. The first-order chi connectivity index (χ1) is 7.33. The number of rotatable bonds is 2. The van der Waals surface area contributed by atoms with E-state index in [9.17, 15) is 16.8 Å². The van der Waals surface area contributed by atoms with Crippen molar-refractivity contribution in [3.05, 3.63) is 17.5 Å². The zero-order valence-corrected chi connectivity index (χ0v) is 10.7. The van der Waals surface area contributed by atoms with Crippen molar-refractivity contribution in [2.24, 2.45) is 5.73 Å². The van der Waals surface area contributed by atoms with Crippen LogP contribution in [0, 0.1) is 0 Å². The summed E-state index contributed by atoms with van der Waals surface area (Å²) in [6, 6.07) is 2.27. The number of nitrogens with two attached hydrogens (primary N) is 1. The van der Waals surface area contributed by atoms with Gasteiger partial charge in [-0.25, -0.2) is 16.8 Å². The molecule has 8 heteroatoms. The highest BCUT2D eigenvalue weighted by Gasteiger charge is 2.44. The number of hydrogen-bond donors (Lipinski definition) is 1. The smallest absolute Gasteiger partial charge is 0.193 e. The van der Waals surface area contributed by atoms with Gasteiger partial charge in [-0.05, 0) is 11.4 Å². The van der Waals surface area contributed by atoms with Crippen LogP contribution in [0.15, 0.2) is 21.7 Å². The van der Waals surface area contributed by atoms with Gasteiger partial charge in [-0.3, -0.25) is 0 Å². The van der Waals surface area contributed by atoms with E-state index in [1.807, 2.05) is 0 Å². The summed E-state index contributed by atoms with van der Waals surface area (Å²) < 4.78 is 47.0. The largest absolute Gasteiger partial charge is 0.326 e. The van der Waals surface area contributed by atoms with Gasteiger partial charge in [-0.1, -0.05) is 6.07 Å². The maximum Gasteiger partial charge on any atom is 0.193 e. The van der Waals surface area contributed by atoms with Crippen LogP contribution in [0.5, 0.6) is 0 Å². The molecule has 2 N–H and O–H groups in total. The summed E-state index contributed by atoms with van der Waals surface area (Å²) in [5.41, 5.74) is 5.59. The third kappa shape index (κ3) is 2.02. The van der Waals surface area contributed by atoms with Crippen LogP contribution in [0.2, 0.25) is 0 Å². The maximum absolute atomic E-state index is 12.1. The van der Waals surface area contributed by atoms with E-state index in [2.05, 4.69) is 0 Å². The average Bonchev–Trinajstić information content (AvgIpc) is 2.72. The van der Waals surface area contributed by atoms with Crippen molar-refractivity contribution in [2.45, 2.75) is 15.5 Å². The lowest BCUT2D eigenvalue weighted by Gasteiger charge is -2.12. The zero-order chi connectivity index (χ0) is 12.0. The molecule has 2 rings (SSSR count). The first-order valence-electron chi connectivity index (χ1n) is 4.56. The molecule has 1 aliphatic heterocycles. The van der Waals surface area contributed by atoms with E-state index in [-0.39, 0.29) is 15.7 Å². The van der Waals surface area contributed by atoms with Gasteiger partial charge in [0, 0.05) is 6.04 Å². The second kappa shape index (κ2) is 3.80. The van der Waals surface area contributed by atoms with Crippen LogP contribution in [0.3, 0.4) is 0 Å². The molecule has 2 heterocycles. The first kappa shape index (κ1) is 12.0. The highest BCUT2D eigenvalue weighted by molar-refractivity contribution is 7.97. The lowest BCUT2D eigenvalue weighted by molar-refractivity contribution is 0.576. The van der Waals surface area contributed by atoms with E-state index in [0.717, 1.165) is 11.3 Å². The van der Waals surface area contributed by atoms with E-state index in [1.165, 1.54) is 6.07 Å². The molecule has 1 aromatic rings. The summed E-state index contributed by atoms with van der Waals surface area (Å²) in [6.45, 7) is 0. The van der Waals surface area contributed by atoms with Crippen LogP contribution < -0.4 is 5.73 Å². The lowest BCUT2D eigenvalue weighted by atomic mass is 10.3. The van der Waals surface area contributed by atoms with Crippen molar-refractivity contribution in [3.8, 4) is 0 Å². The molecule has 1 aromatic heterocycles. The Morgan fingerprint density at radius 1 is 1.38 bits per heavy atom. The minimum atomic E-state index is -3.60. The molecule has 16 heavy (non-hydrogen) atoms. The van der Waals surface area contributed by atoms with Gasteiger partial charge in [0.25, 0.3) is 0 Å². The van der Waals surface area contributed by atoms with Crippen molar-refractivity contribution in [1.82, 2.24) is 0 Å². The molecule has 0 amide bonds. The van der Waals surface area contributed by atoms with Crippen LogP contribution in [-0.2, 0) is 19.7 Å². The SMILES string of the molecule is N[C@H]1CS(=O)(=O)C[C@@H]1S(=O)(=O)c1cccs1. The van der Waals surface area contributed by atoms with Gasteiger partial charge in [-0.15, -0.1) is 11.3 Å². The molecule has 0 saturated carbocycles. The van der Waals surface area contributed by atoms with Gasteiger partial charge >= 0.3 is 0 Å². The zero-order valence-electron chi connectivity index (χ0n) is 8.24. The molecule has 90 valence electrons. The maximum atomic E-state index is 12.1. The molecular weight excluding hydrogens is 270 g/mol. The molecule has 1 saturated heterocycles. The summed E-state index contributed by atoms with van der Waals surface area (Å²) >= 11 is 1.08. The minimum Gasteiger partial charge on any atom is -0.326 e. The Balaban J connectivity index is 2.41. The Labute approximate surface area is 98.1 Å². The van der Waals surface area contributed by atoms with Gasteiger partial charge in [0.05, 0.1) is 16.8 Å². The van der Waals surface area contributed by atoms with E-state index < -0.39 is 31.0 Å². The van der Waals surface area contributed by atoms with Crippen LogP contribution in [-0.4, -0.2) is 39.6 Å². The standard InChI is InChI=1S/C8H11NO4S3/c9-6-4-15(10,11)5-7(6)16(12,13)8-2-1-3-14-8/h1-3,6-7H,4-5,9H2/t6-,7-/m0/s1. The first-order valence-corrected chi connectivity index (χ1v) is 8.81. The second-order valence-corrected chi connectivity index (χ2v) is 9.25. The summed E-state index contributed by atoms with van der Waals surface area (Å²) in [7, 11) is -6.92. The minimum absolute atomic E-state index is 0.185. The van der Waals surface area contributed by atoms with Crippen LogP contribution in [0.25, 0.3) is 0 Å². The quantitative estimate of drug-likeness (QED) is 0.799. The van der Waals surface area contributed by atoms with Crippen molar-refractivity contribution < 1.29 is 16.8 Å². The summed E-state index contributed by atoms with van der Waals surface area (Å²) in [6.07, 6.45) is 0. The molecule has 2 atom stereocenters. The van der Waals surface area contributed by atoms with Gasteiger partial charge in [0.1, 0.15) is 4.21 Å². The fraction of sp³-hybridized carbons (Fsp3) is 0.500. The number of thiophene rings is 1. The highest BCUT2D eigenvalue weighted by Crippen LogP contribution is 2.27. The van der Waals surface area contributed by atoms with E-state index in [1.54, 1.807) is 11.4 Å². The molecule has 0 spiro atoms. The van der Waals surface area contributed by atoms with Gasteiger partial charge in [0.2, 0.25) is 0 Å². The molecule has 5 nitrogen and oxygen atoms in total. The Kier molecular flexibility index (Phi) is 2.85. The third-order valence-corrected chi connectivity index (χ3v) is 8.14. The predicted molar refractivity (Wildman–Crippen MR) is 61.9 cm³/mol. The Morgan fingerprint density at radius 3 is 2.50 bits per heavy atom. The lowest BCUT2D eigenvalue weighted by Crippen LogP contribution is -2.38. The molecule has 1 aliphatic rings. The second-order valence-electron chi connectivity index (χ2n) is 3.76. The molecule has 1 fully saturated rings. The fourth-order valence-corrected chi connectivity index (χ4v) is 7.55. The van der Waals surface area contributed by atoms with E-state index >= 15 is 0 Å². The van der Waals surface area contributed by atoms with Gasteiger partial charge in [0.15, 0.2) is 19.7 Å². The molecule has 0 bridgehead atoms. The molecule has 0 radical (unpaired) electrons. The summed E-state index contributed by atoms with van der Waals surface area (Å²) in [5.74, 6) is -0.614. The summed E-state index contributed by atoms with van der Waals surface area (Å²) in [4.78, 5) is 0. The Bertz CT molecular complexity index is 573. The van der Waals surface area contributed by atoms with Gasteiger partial charge in [-0.2, -0.15) is 0 Å². The van der Waals surface area contributed by atoms with Crippen LogP contribution in [0.4, 0.5) is 0 Å². The molecular formula is C8H11NO4S3. The number of hydrogen-bond acceptors (Lipinski definition) is 6. The highest BCUT2D eigenvalue weighted by atomic mass is 32.2. The fourth-order valence-electron chi connectivity index (χ4n) is 1.74. The number of sulfone groups is 2. The average molecular weight is 281 g/mol. The monoisotopic (exact) mass is 281 g/mol. The molecule has 0 aromatic carbocycles. The predicted octanol–water partition coefficient (Wildman–Crippen LogP) is -0.354. The molecule has 0 aliphatic carbocycles. The Morgan fingerprint density at radius 2 is 2.06 bits per heavy atom. The van der Waals surface area contributed by atoms with Crippen molar-refractivity contribution >= 4 is 31.0 Å². The van der Waals surface area contributed by atoms with Crippen LogP contribution >= 0.6 is 11.3 Å².